The van der Waals surface area contributed by atoms with Crippen LogP contribution in [0.1, 0.15) is 27.6 Å². The number of esters is 2. The Hall–Kier alpha value is -3.14. The zero-order valence-electron chi connectivity index (χ0n) is 16.8. The van der Waals surface area contributed by atoms with E-state index >= 15 is 0 Å². The molecule has 2 rings (SSSR count). The second kappa shape index (κ2) is 10.4. The first-order valence-electron chi connectivity index (χ1n) is 9.25. The topological polar surface area (TPSA) is 116 Å². The molecule has 0 aromatic heterocycles. The normalized spacial score (nSPS) is 14.1. The van der Waals surface area contributed by atoms with Gasteiger partial charge < -0.3 is 24.4 Å². The first-order valence-corrected chi connectivity index (χ1v) is 9.25. The third-order valence-electron chi connectivity index (χ3n) is 4.53. The van der Waals surface area contributed by atoms with E-state index in [0.717, 1.165) is 4.90 Å². The monoisotopic (exact) mass is 408 g/mol. The number of ether oxygens (including phenoxy) is 3. The molecule has 0 unspecified atom stereocenters. The number of rotatable bonds is 6. The summed E-state index contributed by atoms with van der Waals surface area (Å²) in [6, 6.07) is 4.20. The molecule has 1 aliphatic rings. The van der Waals surface area contributed by atoms with Crippen molar-refractivity contribution >= 4 is 29.6 Å². The van der Waals surface area contributed by atoms with Gasteiger partial charge >= 0.3 is 18.0 Å². The lowest BCUT2D eigenvalue weighted by Crippen LogP contribution is -3.15. The molecule has 1 heterocycles. The third-order valence-corrected chi connectivity index (χ3v) is 4.53. The lowest BCUT2D eigenvalue weighted by atomic mass is 10.1. The van der Waals surface area contributed by atoms with Crippen LogP contribution in [-0.4, -0.2) is 82.4 Å². The average molecular weight is 408 g/mol. The molecule has 2 N–H and O–H groups in total. The van der Waals surface area contributed by atoms with Crippen molar-refractivity contribution < 1.29 is 38.3 Å². The molecule has 1 aromatic rings. The predicted octanol–water partition coefficient (Wildman–Crippen LogP) is -0.445. The predicted molar refractivity (Wildman–Crippen MR) is 102 cm³/mol. The van der Waals surface area contributed by atoms with Gasteiger partial charge in [0.15, 0.2) is 6.54 Å². The van der Waals surface area contributed by atoms with Crippen molar-refractivity contribution in [3.8, 4) is 0 Å². The SMILES string of the molecule is CCOC(=O)N1CC[NH+](CC(=O)Nc2cc(C(=O)OC)ccc2C(=O)OC)CC1. The van der Waals surface area contributed by atoms with Crippen molar-refractivity contribution in [3.05, 3.63) is 29.3 Å². The molecule has 0 spiro atoms. The standard InChI is InChI=1S/C19H25N3O7/c1-4-29-19(26)22-9-7-21(8-10-22)12-16(23)20-15-11-13(17(24)27-2)5-6-14(15)18(25)28-3/h5-6,11H,4,7-10,12H2,1-3H3,(H,20,23)/p+1. The number of carbonyl (C=O) groups is 4. The minimum Gasteiger partial charge on any atom is -0.465 e. The van der Waals surface area contributed by atoms with Crippen molar-refractivity contribution in [2.45, 2.75) is 6.92 Å². The van der Waals surface area contributed by atoms with Crippen LogP contribution < -0.4 is 10.2 Å². The zero-order chi connectivity index (χ0) is 21.4. The maximum absolute atomic E-state index is 12.5. The highest BCUT2D eigenvalue weighted by Gasteiger charge is 2.26. The van der Waals surface area contributed by atoms with Crippen LogP contribution in [0.15, 0.2) is 18.2 Å². The van der Waals surface area contributed by atoms with Gasteiger partial charge in [-0.2, -0.15) is 0 Å². The number of nitrogens with one attached hydrogen (secondary N) is 2. The molecule has 0 aliphatic carbocycles. The lowest BCUT2D eigenvalue weighted by Gasteiger charge is -2.31. The van der Waals surface area contributed by atoms with Gasteiger partial charge in [0.2, 0.25) is 0 Å². The van der Waals surface area contributed by atoms with E-state index in [4.69, 9.17) is 9.47 Å². The fourth-order valence-corrected chi connectivity index (χ4v) is 3.00. The maximum atomic E-state index is 12.5. The fourth-order valence-electron chi connectivity index (χ4n) is 3.00. The molecular weight excluding hydrogens is 382 g/mol. The van der Waals surface area contributed by atoms with Gasteiger partial charge in [-0.1, -0.05) is 0 Å². The molecule has 1 aliphatic heterocycles. The molecule has 1 aromatic carbocycles. The molecular formula is C19H26N3O7+. The molecule has 1 fully saturated rings. The van der Waals surface area contributed by atoms with E-state index in [-0.39, 0.29) is 35.4 Å². The van der Waals surface area contributed by atoms with Gasteiger partial charge in [0.25, 0.3) is 5.91 Å². The van der Waals surface area contributed by atoms with Crippen LogP contribution >= 0.6 is 0 Å². The summed E-state index contributed by atoms with van der Waals surface area (Å²) in [5.41, 5.74) is 0.510. The van der Waals surface area contributed by atoms with Gasteiger partial charge in [-0.3, -0.25) is 9.69 Å². The van der Waals surface area contributed by atoms with E-state index in [1.54, 1.807) is 11.8 Å². The van der Waals surface area contributed by atoms with Gasteiger partial charge in [0.1, 0.15) is 0 Å². The molecule has 1 saturated heterocycles. The number of amides is 2. The van der Waals surface area contributed by atoms with Crippen LogP contribution in [-0.2, 0) is 19.0 Å². The van der Waals surface area contributed by atoms with Crippen molar-refractivity contribution in [1.82, 2.24) is 4.90 Å². The summed E-state index contributed by atoms with van der Waals surface area (Å²) in [7, 11) is 2.48. The summed E-state index contributed by atoms with van der Waals surface area (Å²) in [4.78, 5) is 50.6. The summed E-state index contributed by atoms with van der Waals surface area (Å²) in [5, 5.41) is 2.67. The number of quaternary nitrogens is 1. The number of anilines is 1. The van der Waals surface area contributed by atoms with Crippen LogP contribution in [0.2, 0.25) is 0 Å². The highest BCUT2D eigenvalue weighted by atomic mass is 16.6. The first kappa shape index (κ1) is 22.2. The highest BCUT2D eigenvalue weighted by molar-refractivity contribution is 6.03. The molecule has 2 amide bonds. The van der Waals surface area contributed by atoms with Crippen molar-refractivity contribution in [1.29, 1.82) is 0 Å². The average Bonchev–Trinajstić information content (AvgIpc) is 2.73. The zero-order valence-corrected chi connectivity index (χ0v) is 16.8. The van der Waals surface area contributed by atoms with Crippen LogP contribution in [0.4, 0.5) is 10.5 Å². The Morgan fingerprint density at radius 2 is 1.72 bits per heavy atom. The Morgan fingerprint density at radius 1 is 1.07 bits per heavy atom. The quantitative estimate of drug-likeness (QED) is 0.484. The second-order valence-corrected chi connectivity index (χ2v) is 6.40. The number of carbonyl (C=O) groups excluding carboxylic acids is 4. The van der Waals surface area contributed by atoms with Crippen molar-refractivity contribution in [3.63, 3.8) is 0 Å². The van der Waals surface area contributed by atoms with Crippen LogP contribution in [0, 0.1) is 0 Å². The lowest BCUT2D eigenvalue weighted by molar-refractivity contribution is -0.895. The Bertz CT molecular complexity index is 773. The van der Waals surface area contributed by atoms with Crippen molar-refractivity contribution in [2.75, 3.05) is 58.9 Å². The molecule has 10 nitrogen and oxygen atoms in total. The third kappa shape index (κ3) is 5.92. The molecule has 0 radical (unpaired) electrons. The fraction of sp³-hybridized carbons (Fsp3) is 0.474. The number of methoxy groups -OCH3 is 2. The van der Waals surface area contributed by atoms with E-state index < -0.39 is 11.9 Å². The number of nitrogens with zero attached hydrogens (tertiary/aromatic N) is 1. The van der Waals surface area contributed by atoms with Crippen LogP contribution in [0.25, 0.3) is 0 Å². The minimum absolute atomic E-state index is 0.135. The van der Waals surface area contributed by atoms with E-state index in [9.17, 15) is 19.2 Å². The Morgan fingerprint density at radius 3 is 2.31 bits per heavy atom. The summed E-state index contributed by atoms with van der Waals surface area (Å²) >= 11 is 0. The van der Waals surface area contributed by atoms with Crippen molar-refractivity contribution in [2.24, 2.45) is 0 Å². The first-order chi connectivity index (χ1) is 13.9. The number of hydrogen-bond donors (Lipinski definition) is 2. The Balaban J connectivity index is 2.02. The van der Waals surface area contributed by atoms with Gasteiger partial charge in [0.05, 0.1) is 63.8 Å². The van der Waals surface area contributed by atoms with Crippen LogP contribution in [0.3, 0.4) is 0 Å². The minimum atomic E-state index is -0.632. The van der Waals surface area contributed by atoms with Gasteiger partial charge in [-0.05, 0) is 25.1 Å². The molecule has 0 bridgehead atoms. The maximum Gasteiger partial charge on any atom is 0.410 e. The van der Waals surface area contributed by atoms with Gasteiger partial charge in [0, 0.05) is 0 Å². The second-order valence-electron chi connectivity index (χ2n) is 6.40. The number of piperazine rings is 1. The Labute approximate surface area is 168 Å². The Kier molecular flexibility index (Phi) is 7.96. The highest BCUT2D eigenvalue weighted by Crippen LogP contribution is 2.19. The molecule has 0 saturated carbocycles. The molecule has 0 atom stereocenters. The summed E-state index contributed by atoms with van der Waals surface area (Å²) < 4.78 is 14.4. The van der Waals surface area contributed by atoms with E-state index in [0.29, 0.717) is 32.8 Å². The van der Waals surface area contributed by atoms with Gasteiger partial charge in [-0.25, -0.2) is 14.4 Å². The molecule has 29 heavy (non-hydrogen) atoms. The molecule has 10 heteroatoms. The smallest absolute Gasteiger partial charge is 0.410 e. The summed E-state index contributed by atoms with van der Waals surface area (Å²) in [5.74, 6) is -1.54. The van der Waals surface area contributed by atoms with Crippen LogP contribution in [0.5, 0.6) is 0 Å². The number of hydrogen-bond acceptors (Lipinski definition) is 7. The molecule has 158 valence electrons. The van der Waals surface area contributed by atoms with Gasteiger partial charge in [-0.15, -0.1) is 0 Å². The largest absolute Gasteiger partial charge is 0.465 e. The van der Waals surface area contributed by atoms with E-state index in [1.165, 1.54) is 32.4 Å². The van der Waals surface area contributed by atoms with E-state index in [1.807, 2.05) is 0 Å². The summed E-state index contributed by atoms with van der Waals surface area (Å²) in [6.45, 7) is 4.40. The number of benzene rings is 1. The summed E-state index contributed by atoms with van der Waals surface area (Å²) in [6.07, 6.45) is -0.349. The van der Waals surface area contributed by atoms with E-state index in [2.05, 4.69) is 10.1 Å².